The van der Waals surface area contributed by atoms with E-state index in [4.69, 9.17) is 5.11 Å². The minimum absolute atomic E-state index is 0.323. The maximum Gasteiger partial charge on any atom is 0.0464 e. The molecule has 0 heterocycles. The maximum atomic E-state index is 8.93. The molecule has 0 aromatic rings. The second kappa shape index (κ2) is 7.53. The van der Waals surface area contributed by atoms with Crippen LogP contribution >= 0.6 is 11.8 Å². The summed E-state index contributed by atoms with van der Waals surface area (Å²) in [6.07, 6.45) is 4.05. The van der Waals surface area contributed by atoms with Gasteiger partial charge in [0.05, 0.1) is 0 Å². The van der Waals surface area contributed by atoms with Crippen molar-refractivity contribution in [3.63, 3.8) is 0 Å². The van der Waals surface area contributed by atoms with Crippen molar-refractivity contribution in [2.24, 2.45) is 11.8 Å². The molecule has 0 aliphatic heterocycles. The van der Waals surface area contributed by atoms with Gasteiger partial charge in [-0.25, -0.2) is 0 Å². The van der Waals surface area contributed by atoms with Gasteiger partial charge in [-0.1, -0.05) is 13.8 Å². The topological polar surface area (TPSA) is 32.3 Å². The third-order valence-electron chi connectivity index (χ3n) is 2.86. The largest absolute Gasteiger partial charge is 0.396 e. The third-order valence-corrected chi connectivity index (χ3v) is 4.26. The Bertz CT molecular complexity index is 162. The Balaban J connectivity index is 2.08. The van der Waals surface area contributed by atoms with Crippen molar-refractivity contribution in [1.29, 1.82) is 0 Å². The van der Waals surface area contributed by atoms with Crippen molar-refractivity contribution in [3.05, 3.63) is 0 Å². The maximum absolute atomic E-state index is 8.93. The van der Waals surface area contributed by atoms with Gasteiger partial charge in [0.1, 0.15) is 0 Å². The quantitative estimate of drug-likeness (QED) is 0.637. The molecule has 0 aromatic carbocycles. The second-order valence-corrected chi connectivity index (χ2v) is 5.80. The van der Waals surface area contributed by atoms with E-state index in [0.717, 1.165) is 24.3 Å². The van der Waals surface area contributed by atoms with Crippen LogP contribution < -0.4 is 5.32 Å². The average molecular weight is 231 g/mol. The van der Waals surface area contributed by atoms with Crippen LogP contribution in [0.25, 0.3) is 0 Å². The van der Waals surface area contributed by atoms with E-state index in [1.165, 1.54) is 25.0 Å². The molecule has 0 spiro atoms. The monoisotopic (exact) mass is 231 g/mol. The number of thioether (sulfide) groups is 1. The molecule has 0 aromatic heterocycles. The SMILES string of the molecule is CCCNC(CSCC(C)CO)C1CC1. The lowest BCUT2D eigenvalue weighted by Gasteiger charge is -2.18. The molecule has 0 amide bonds. The Kier molecular flexibility index (Phi) is 6.69. The first-order valence-corrected chi connectivity index (χ1v) is 7.35. The second-order valence-electron chi connectivity index (χ2n) is 4.72. The summed E-state index contributed by atoms with van der Waals surface area (Å²) in [7, 11) is 0. The lowest BCUT2D eigenvalue weighted by molar-refractivity contribution is 0.250. The molecule has 1 fully saturated rings. The van der Waals surface area contributed by atoms with E-state index in [9.17, 15) is 0 Å². The number of hydrogen-bond donors (Lipinski definition) is 2. The van der Waals surface area contributed by atoms with Crippen LogP contribution in [0.5, 0.6) is 0 Å². The first-order chi connectivity index (χ1) is 7.27. The third kappa shape index (κ3) is 5.79. The van der Waals surface area contributed by atoms with Gasteiger partial charge in [-0.2, -0.15) is 11.8 Å². The van der Waals surface area contributed by atoms with Crippen LogP contribution in [0.2, 0.25) is 0 Å². The average Bonchev–Trinajstić information content (AvgIpc) is 3.06. The zero-order valence-corrected chi connectivity index (χ0v) is 10.9. The zero-order valence-electron chi connectivity index (χ0n) is 10.0. The van der Waals surface area contributed by atoms with Crippen LogP contribution in [-0.4, -0.2) is 35.8 Å². The molecule has 1 aliphatic carbocycles. The first kappa shape index (κ1) is 13.3. The summed E-state index contributed by atoms with van der Waals surface area (Å²) in [5, 5.41) is 12.6. The fraction of sp³-hybridized carbons (Fsp3) is 1.00. The van der Waals surface area contributed by atoms with Crippen molar-refractivity contribution >= 4 is 11.8 Å². The molecule has 2 atom stereocenters. The Morgan fingerprint density at radius 2 is 2.13 bits per heavy atom. The highest BCUT2D eigenvalue weighted by molar-refractivity contribution is 7.99. The molecule has 0 saturated heterocycles. The number of hydrogen-bond acceptors (Lipinski definition) is 3. The summed E-state index contributed by atoms with van der Waals surface area (Å²) in [5.74, 6) is 3.69. The summed E-state index contributed by atoms with van der Waals surface area (Å²) in [6.45, 7) is 5.80. The van der Waals surface area contributed by atoms with Crippen molar-refractivity contribution in [2.75, 3.05) is 24.7 Å². The van der Waals surface area contributed by atoms with Gasteiger partial charge in [-0.05, 0) is 43.4 Å². The summed E-state index contributed by atoms with van der Waals surface area (Å²) in [6, 6.07) is 0.723. The van der Waals surface area contributed by atoms with Crippen molar-refractivity contribution in [1.82, 2.24) is 5.32 Å². The lowest BCUT2D eigenvalue weighted by atomic mass is 10.2. The standard InChI is InChI=1S/C12H25NOS/c1-3-6-13-12(11-4-5-11)9-15-8-10(2)7-14/h10-14H,3-9H2,1-2H3. The van der Waals surface area contributed by atoms with Crippen LogP contribution in [0.15, 0.2) is 0 Å². The van der Waals surface area contributed by atoms with Gasteiger partial charge < -0.3 is 10.4 Å². The van der Waals surface area contributed by atoms with Gasteiger partial charge in [0.25, 0.3) is 0 Å². The van der Waals surface area contributed by atoms with Crippen LogP contribution in [0.4, 0.5) is 0 Å². The van der Waals surface area contributed by atoms with E-state index in [0.29, 0.717) is 12.5 Å². The van der Waals surface area contributed by atoms with Crippen LogP contribution in [0.3, 0.4) is 0 Å². The molecule has 1 aliphatic rings. The van der Waals surface area contributed by atoms with E-state index >= 15 is 0 Å². The van der Waals surface area contributed by atoms with Crippen molar-refractivity contribution in [3.8, 4) is 0 Å². The molecule has 1 rings (SSSR count). The minimum Gasteiger partial charge on any atom is -0.396 e. The van der Waals surface area contributed by atoms with Crippen LogP contribution in [0, 0.1) is 11.8 Å². The van der Waals surface area contributed by atoms with Gasteiger partial charge in [0.15, 0.2) is 0 Å². The molecule has 0 radical (unpaired) electrons. The highest BCUT2D eigenvalue weighted by Gasteiger charge is 2.30. The predicted octanol–water partition coefficient (Wildman–Crippen LogP) is 2.13. The van der Waals surface area contributed by atoms with Gasteiger partial charge in [-0.15, -0.1) is 0 Å². The molecular weight excluding hydrogens is 206 g/mol. The van der Waals surface area contributed by atoms with Gasteiger partial charge in [0, 0.05) is 18.4 Å². The van der Waals surface area contributed by atoms with Crippen molar-refractivity contribution < 1.29 is 5.11 Å². The molecule has 3 heteroatoms. The van der Waals surface area contributed by atoms with E-state index in [1.807, 2.05) is 11.8 Å². The Labute approximate surface area is 98.2 Å². The van der Waals surface area contributed by atoms with Gasteiger partial charge in [0.2, 0.25) is 0 Å². The molecule has 2 nitrogen and oxygen atoms in total. The molecular formula is C12H25NOS. The number of nitrogens with one attached hydrogen (secondary N) is 1. The van der Waals surface area contributed by atoms with Crippen LogP contribution in [0.1, 0.15) is 33.1 Å². The first-order valence-electron chi connectivity index (χ1n) is 6.19. The van der Waals surface area contributed by atoms with E-state index in [2.05, 4.69) is 19.2 Å². The van der Waals surface area contributed by atoms with Crippen molar-refractivity contribution in [2.45, 2.75) is 39.2 Å². The molecule has 2 unspecified atom stereocenters. The molecule has 1 saturated carbocycles. The number of aliphatic hydroxyl groups excluding tert-OH is 1. The van der Waals surface area contributed by atoms with E-state index in [1.54, 1.807) is 0 Å². The summed E-state index contributed by atoms with van der Waals surface area (Å²) < 4.78 is 0. The van der Waals surface area contributed by atoms with Crippen LogP contribution in [-0.2, 0) is 0 Å². The normalized spacial score (nSPS) is 20.2. The number of aliphatic hydroxyl groups is 1. The molecule has 90 valence electrons. The summed E-state index contributed by atoms with van der Waals surface area (Å²) >= 11 is 1.99. The summed E-state index contributed by atoms with van der Waals surface area (Å²) in [5.41, 5.74) is 0. The van der Waals surface area contributed by atoms with Gasteiger partial charge >= 0.3 is 0 Å². The highest BCUT2D eigenvalue weighted by atomic mass is 32.2. The van der Waals surface area contributed by atoms with E-state index < -0.39 is 0 Å². The zero-order chi connectivity index (χ0) is 11.1. The molecule has 2 N–H and O–H groups in total. The fourth-order valence-electron chi connectivity index (χ4n) is 1.64. The lowest BCUT2D eigenvalue weighted by Crippen LogP contribution is -2.34. The Hall–Kier alpha value is 0.270. The molecule has 15 heavy (non-hydrogen) atoms. The van der Waals surface area contributed by atoms with Gasteiger partial charge in [-0.3, -0.25) is 0 Å². The minimum atomic E-state index is 0.323. The fourth-order valence-corrected chi connectivity index (χ4v) is 2.93. The molecule has 0 bridgehead atoms. The smallest absolute Gasteiger partial charge is 0.0464 e. The Morgan fingerprint density at radius 1 is 1.40 bits per heavy atom. The predicted molar refractivity (Wildman–Crippen MR) is 68.4 cm³/mol. The Morgan fingerprint density at radius 3 is 2.67 bits per heavy atom. The van der Waals surface area contributed by atoms with E-state index in [-0.39, 0.29) is 0 Å². The summed E-state index contributed by atoms with van der Waals surface area (Å²) in [4.78, 5) is 0. The number of rotatable bonds is 9. The highest BCUT2D eigenvalue weighted by Crippen LogP contribution is 2.34.